The summed E-state index contributed by atoms with van der Waals surface area (Å²) in [5.41, 5.74) is 1.27. The Morgan fingerprint density at radius 2 is 1.80 bits per heavy atom. The lowest BCUT2D eigenvalue weighted by Gasteiger charge is -2.37. The maximum Gasteiger partial charge on any atom is 0.0938 e. The molecular weight excluding hydrogens is 252 g/mol. The van der Waals surface area contributed by atoms with Crippen LogP contribution in [0.3, 0.4) is 0 Å². The van der Waals surface area contributed by atoms with Gasteiger partial charge in [0, 0.05) is 11.6 Å². The predicted molar refractivity (Wildman–Crippen MR) is 65.9 cm³/mol. The van der Waals surface area contributed by atoms with Gasteiger partial charge in [-0.25, -0.2) is 0 Å². The van der Waals surface area contributed by atoms with Gasteiger partial charge >= 0.3 is 0 Å². The minimum absolute atomic E-state index is 0.0433. The Balaban J connectivity index is 2.36. The third-order valence-corrected chi connectivity index (χ3v) is 4.11. The molecule has 2 rings (SSSR count). The zero-order chi connectivity index (χ0) is 10.7. The molecule has 0 aliphatic heterocycles. The number of ether oxygens (including phenoxy) is 1. The van der Waals surface area contributed by atoms with Crippen molar-refractivity contribution in [3.8, 4) is 0 Å². The standard InChI is InChI=1S/C13H17BrO/c1-15-13(9-5-2-6-10-13)11-7-3-4-8-12(11)14/h3-4,7-8H,2,5-6,9-10H2,1H3. The number of hydrogen-bond donors (Lipinski definition) is 0. The summed E-state index contributed by atoms with van der Waals surface area (Å²) in [6, 6.07) is 8.43. The summed E-state index contributed by atoms with van der Waals surface area (Å²) < 4.78 is 6.99. The van der Waals surface area contributed by atoms with Crippen molar-refractivity contribution >= 4 is 15.9 Å². The van der Waals surface area contributed by atoms with Gasteiger partial charge in [-0.1, -0.05) is 53.4 Å². The van der Waals surface area contributed by atoms with Gasteiger partial charge in [0.05, 0.1) is 5.60 Å². The van der Waals surface area contributed by atoms with Crippen molar-refractivity contribution in [1.82, 2.24) is 0 Å². The highest BCUT2D eigenvalue weighted by Gasteiger charge is 2.34. The van der Waals surface area contributed by atoms with E-state index in [-0.39, 0.29) is 5.60 Å². The van der Waals surface area contributed by atoms with Crippen molar-refractivity contribution in [2.75, 3.05) is 7.11 Å². The molecule has 82 valence electrons. The number of halogens is 1. The van der Waals surface area contributed by atoms with Gasteiger partial charge in [0.2, 0.25) is 0 Å². The Kier molecular flexibility index (Phi) is 3.47. The number of hydrogen-bond acceptors (Lipinski definition) is 1. The molecule has 0 aromatic heterocycles. The highest BCUT2D eigenvalue weighted by atomic mass is 79.9. The minimum atomic E-state index is -0.0433. The van der Waals surface area contributed by atoms with Crippen LogP contribution in [0.4, 0.5) is 0 Å². The molecule has 0 N–H and O–H groups in total. The topological polar surface area (TPSA) is 9.23 Å². The van der Waals surface area contributed by atoms with Gasteiger partial charge in [0.15, 0.2) is 0 Å². The molecule has 0 heterocycles. The van der Waals surface area contributed by atoms with Crippen LogP contribution in [0.15, 0.2) is 28.7 Å². The van der Waals surface area contributed by atoms with Crippen LogP contribution in [0, 0.1) is 0 Å². The predicted octanol–water partition coefficient (Wildman–Crippen LogP) is 4.25. The molecule has 0 spiro atoms. The first-order valence-corrected chi connectivity index (χ1v) is 6.38. The van der Waals surface area contributed by atoms with E-state index in [0.717, 1.165) is 12.8 Å². The van der Waals surface area contributed by atoms with Gasteiger partial charge in [-0.2, -0.15) is 0 Å². The molecule has 1 aliphatic rings. The zero-order valence-corrected chi connectivity index (χ0v) is 10.7. The molecule has 0 bridgehead atoms. The van der Waals surface area contributed by atoms with Crippen LogP contribution in [0.2, 0.25) is 0 Å². The van der Waals surface area contributed by atoms with Crippen LogP contribution in [0.5, 0.6) is 0 Å². The minimum Gasteiger partial charge on any atom is -0.373 e. The number of rotatable bonds is 2. The van der Waals surface area contributed by atoms with E-state index >= 15 is 0 Å². The van der Waals surface area contributed by atoms with Crippen molar-refractivity contribution in [1.29, 1.82) is 0 Å². The first-order valence-electron chi connectivity index (χ1n) is 5.59. The first kappa shape index (κ1) is 11.2. The van der Waals surface area contributed by atoms with E-state index in [1.54, 1.807) is 0 Å². The van der Waals surface area contributed by atoms with Crippen LogP contribution in [-0.2, 0) is 10.3 Å². The Labute approximate surface area is 100.0 Å². The maximum atomic E-state index is 5.82. The van der Waals surface area contributed by atoms with Gasteiger partial charge in [0.1, 0.15) is 0 Å². The third-order valence-electron chi connectivity index (χ3n) is 3.42. The SMILES string of the molecule is COC1(c2ccccc2Br)CCCCC1. The first-order chi connectivity index (χ1) is 7.28. The fourth-order valence-electron chi connectivity index (χ4n) is 2.54. The molecule has 2 heteroatoms. The zero-order valence-electron chi connectivity index (χ0n) is 9.13. The molecule has 1 nitrogen and oxygen atoms in total. The van der Waals surface area contributed by atoms with Gasteiger partial charge in [-0.15, -0.1) is 0 Å². The smallest absolute Gasteiger partial charge is 0.0938 e. The molecule has 1 aromatic carbocycles. The molecule has 0 saturated heterocycles. The quantitative estimate of drug-likeness (QED) is 0.779. The number of benzene rings is 1. The molecule has 1 aliphatic carbocycles. The Bertz CT molecular complexity index is 329. The number of methoxy groups -OCH3 is 1. The monoisotopic (exact) mass is 268 g/mol. The van der Waals surface area contributed by atoms with Crippen molar-refractivity contribution in [3.63, 3.8) is 0 Å². The molecule has 1 aromatic rings. The second kappa shape index (κ2) is 4.67. The Hall–Kier alpha value is -0.340. The van der Waals surface area contributed by atoms with Gasteiger partial charge in [-0.3, -0.25) is 0 Å². The maximum absolute atomic E-state index is 5.82. The van der Waals surface area contributed by atoms with Crippen LogP contribution >= 0.6 is 15.9 Å². The molecule has 0 radical (unpaired) electrons. The van der Waals surface area contributed by atoms with Gasteiger partial charge in [-0.05, 0) is 24.5 Å². The van der Waals surface area contributed by atoms with Crippen LogP contribution in [0.25, 0.3) is 0 Å². The molecular formula is C13H17BrO. The van der Waals surface area contributed by atoms with E-state index in [4.69, 9.17) is 4.74 Å². The second-order valence-electron chi connectivity index (χ2n) is 4.24. The average molecular weight is 269 g/mol. The van der Waals surface area contributed by atoms with Crippen molar-refractivity contribution < 1.29 is 4.74 Å². The average Bonchev–Trinajstić information content (AvgIpc) is 2.30. The van der Waals surface area contributed by atoms with E-state index in [1.807, 2.05) is 7.11 Å². The van der Waals surface area contributed by atoms with E-state index in [2.05, 4.69) is 40.2 Å². The lowest BCUT2D eigenvalue weighted by atomic mass is 9.79. The van der Waals surface area contributed by atoms with Crippen molar-refractivity contribution in [2.24, 2.45) is 0 Å². The molecule has 0 atom stereocenters. The molecule has 0 unspecified atom stereocenters. The Morgan fingerprint density at radius 1 is 1.13 bits per heavy atom. The normalized spacial score (nSPS) is 20.1. The van der Waals surface area contributed by atoms with Crippen molar-refractivity contribution in [3.05, 3.63) is 34.3 Å². The molecule has 1 fully saturated rings. The summed E-state index contributed by atoms with van der Waals surface area (Å²) >= 11 is 3.63. The lowest BCUT2D eigenvalue weighted by molar-refractivity contribution is -0.0450. The summed E-state index contributed by atoms with van der Waals surface area (Å²) in [6.45, 7) is 0. The highest BCUT2D eigenvalue weighted by molar-refractivity contribution is 9.10. The fraction of sp³-hybridized carbons (Fsp3) is 0.538. The van der Waals surface area contributed by atoms with Gasteiger partial charge in [0.25, 0.3) is 0 Å². The summed E-state index contributed by atoms with van der Waals surface area (Å²) in [5.74, 6) is 0. The molecule has 1 saturated carbocycles. The highest BCUT2D eigenvalue weighted by Crippen LogP contribution is 2.42. The van der Waals surface area contributed by atoms with Gasteiger partial charge < -0.3 is 4.74 Å². The van der Waals surface area contributed by atoms with Crippen LogP contribution in [-0.4, -0.2) is 7.11 Å². The Morgan fingerprint density at radius 3 is 2.40 bits per heavy atom. The summed E-state index contributed by atoms with van der Waals surface area (Å²) in [4.78, 5) is 0. The molecule has 0 amide bonds. The summed E-state index contributed by atoms with van der Waals surface area (Å²) in [7, 11) is 1.84. The van der Waals surface area contributed by atoms with Crippen LogP contribution < -0.4 is 0 Å². The largest absolute Gasteiger partial charge is 0.373 e. The van der Waals surface area contributed by atoms with Crippen molar-refractivity contribution in [2.45, 2.75) is 37.7 Å². The lowest BCUT2D eigenvalue weighted by Crippen LogP contribution is -2.31. The van der Waals surface area contributed by atoms with E-state index < -0.39 is 0 Å². The summed E-state index contributed by atoms with van der Waals surface area (Å²) in [5, 5.41) is 0. The van der Waals surface area contributed by atoms with E-state index in [1.165, 1.54) is 29.3 Å². The second-order valence-corrected chi connectivity index (χ2v) is 5.09. The third kappa shape index (κ3) is 2.11. The summed E-state index contributed by atoms with van der Waals surface area (Å²) in [6.07, 6.45) is 6.18. The fourth-order valence-corrected chi connectivity index (χ4v) is 3.18. The van der Waals surface area contributed by atoms with Crippen LogP contribution in [0.1, 0.15) is 37.7 Å². The molecule has 15 heavy (non-hydrogen) atoms. The van der Waals surface area contributed by atoms with E-state index in [0.29, 0.717) is 0 Å². The van der Waals surface area contributed by atoms with E-state index in [9.17, 15) is 0 Å².